The Bertz CT molecular complexity index is 491. The van der Waals surface area contributed by atoms with E-state index in [4.69, 9.17) is 16.3 Å². The van der Waals surface area contributed by atoms with Gasteiger partial charge in [-0.25, -0.2) is 0 Å². The molecule has 0 saturated heterocycles. The molecule has 0 spiro atoms. The van der Waals surface area contributed by atoms with Crippen LogP contribution in [-0.2, 0) is 9.53 Å². The molecule has 1 aromatic rings. The first-order valence-electron chi connectivity index (χ1n) is 6.56. The normalized spacial score (nSPS) is 10.2. The second-order valence-corrected chi connectivity index (χ2v) is 4.74. The van der Waals surface area contributed by atoms with Crippen molar-refractivity contribution in [3.63, 3.8) is 0 Å². The van der Waals surface area contributed by atoms with Crippen LogP contribution in [0.25, 0.3) is 0 Å². The Morgan fingerprint density at radius 3 is 2.65 bits per heavy atom. The molecule has 0 aliphatic rings. The van der Waals surface area contributed by atoms with E-state index in [2.05, 4.69) is 4.98 Å². The van der Waals surface area contributed by atoms with Crippen molar-refractivity contribution in [2.24, 2.45) is 0 Å². The Kier molecular flexibility index (Phi) is 6.45. The first kappa shape index (κ1) is 16.4. The van der Waals surface area contributed by atoms with Crippen molar-refractivity contribution in [3.8, 4) is 0 Å². The van der Waals surface area contributed by atoms with E-state index in [-0.39, 0.29) is 12.5 Å². The van der Waals surface area contributed by atoms with Crippen molar-refractivity contribution in [3.05, 3.63) is 28.5 Å². The molecule has 5 nitrogen and oxygen atoms in total. The molecule has 0 atom stereocenters. The average molecular weight is 299 g/mol. The third-order valence-electron chi connectivity index (χ3n) is 2.63. The lowest BCUT2D eigenvalue weighted by atomic mass is 10.2. The van der Waals surface area contributed by atoms with Gasteiger partial charge in [0.05, 0.1) is 17.2 Å². The molecule has 20 heavy (non-hydrogen) atoms. The smallest absolute Gasteiger partial charge is 0.325 e. The fourth-order valence-electron chi connectivity index (χ4n) is 1.74. The number of hydrogen-bond acceptors (Lipinski definition) is 4. The van der Waals surface area contributed by atoms with E-state index in [0.29, 0.717) is 23.7 Å². The lowest BCUT2D eigenvalue weighted by Gasteiger charge is -2.21. The first-order valence-corrected chi connectivity index (χ1v) is 6.94. The third kappa shape index (κ3) is 4.49. The van der Waals surface area contributed by atoms with E-state index in [9.17, 15) is 9.59 Å². The molecule has 6 heteroatoms. The third-order valence-corrected chi connectivity index (χ3v) is 2.94. The largest absolute Gasteiger partial charge is 0.465 e. The summed E-state index contributed by atoms with van der Waals surface area (Å²) < 4.78 is 4.87. The van der Waals surface area contributed by atoms with E-state index in [1.54, 1.807) is 19.9 Å². The van der Waals surface area contributed by atoms with Gasteiger partial charge in [0.2, 0.25) is 0 Å². The summed E-state index contributed by atoms with van der Waals surface area (Å²) in [6.07, 6.45) is 2.18. The van der Waals surface area contributed by atoms with Gasteiger partial charge in [0.1, 0.15) is 6.54 Å². The van der Waals surface area contributed by atoms with Crippen molar-refractivity contribution in [1.82, 2.24) is 9.88 Å². The molecule has 0 bridgehead atoms. The number of carbonyl (C=O) groups is 2. The number of ether oxygens (including phenoxy) is 1. The van der Waals surface area contributed by atoms with Gasteiger partial charge in [-0.1, -0.05) is 18.5 Å². The maximum absolute atomic E-state index is 12.4. The van der Waals surface area contributed by atoms with Gasteiger partial charge in [-0.05, 0) is 26.3 Å². The van der Waals surface area contributed by atoms with Crippen LogP contribution in [0.5, 0.6) is 0 Å². The summed E-state index contributed by atoms with van der Waals surface area (Å²) in [5.74, 6) is -0.733. The fourth-order valence-corrected chi connectivity index (χ4v) is 2.03. The molecule has 0 saturated carbocycles. The number of aromatic nitrogens is 1. The second kappa shape index (κ2) is 7.85. The molecule has 0 fully saturated rings. The summed E-state index contributed by atoms with van der Waals surface area (Å²) >= 11 is 6.06. The number of amides is 1. The number of aryl methyl sites for hydroxylation is 1. The number of halogens is 1. The number of pyridine rings is 1. The lowest BCUT2D eigenvalue weighted by Crippen LogP contribution is -2.37. The predicted molar refractivity (Wildman–Crippen MR) is 76.8 cm³/mol. The van der Waals surface area contributed by atoms with Crippen molar-refractivity contribution < 1.29 is 14.3 Å². The predicted octanol–water partition coefficient (Wildman–Crippen LogP) is 2.46. The molecular weight excluding hydrogens is 280 g/mol. The molecule has 0 radical (unpaired) electrons. The summed E-state index contributed by atoms with van der Waals surface area (Å²) in [4.78, 5) is 29.4. The minimum atomic E-state index is -0.425. The van der Waals surface area contributed by atoms with Gasteiger partial charge in [-0.2, -0.15) is 0 Å². The highest BCUT2D eigenvalue weighted by Gasteiger charge is 2.21. The number of esters is 1. The molecule has 110 valence electrons. The fraction of sp³-hybridized carbons (Fsp3) is 0.500. The van der Waals surface area contributed by atoms with Crippen molar-refractivity contribution >= 4 is 23.5 Å². The molecule has 1 rings (SSSR count). The first-order chi connectivity index (χ1) is 9.49. The molecule has 0 unspecified atom stereocenters. The number of nitrogens with zero attached hydrogens (tertiary/aromatic N) is 2. The molecular formula is C14H19ClN2O3. The number of rotatable bonds is 6. The quantitative estimate of drug-likeness (QED) is 0.757. The molecule has 0 aliphatic heterocycles. The van der Waals surface area contributed by atoms with E-state index in [0.717, 1.165) is 12.1 Å². The molecule has 0 aromatic carbocycles. The minimum Gasteiger partial charge on any atom is -0.465 e. The summed E-state index contributed by atoms with van der Waals surface area (Å²) in [5.41, 5.74) is 1.04. The maximum Gasteiger partial charge on any atom is 0.325 e. The van der Waals surface area contributed by atoms with Crippen LogP contribution in [0.2, 0.25) is 5.02 Å². The summed E-state index contributed by atoms with van der Waals surface area (Å²) in [6.45, 7) is 6.13. The van der Waals surface area contributed by atoms with Crippen LogP contribution < -0.4 is 0 Å². The van der Waals surface area contributed by atoms with Gasteiger partial charge in [0.15, 0.2) is 0 Å². The van der Waals surface area contributed by atoms with Gasteiger partial charge in [-0.3, -0.25) is 14.6 Å². The SMILES string of the molecule is CCCN(CC(=O)OCC)C(=O)c1cnc(C)cc1Cl. The maximum atomic E-state index is 12.4. The van der Waals surface area contributed by atoms with Gasteiger partial charge >= 0.3 is 5.97 Å². The summed E-state index contributed by atoms with van der Waals surface area (Å²) in [5, 5.41) is 0.340. The number of carbonyl (C=O) groups excluding carboxylic acids is 2. The Morgan fingerprint density at radius 2 is 2.10 bits per heavy atom. The van der Waals surface area contributed by atoms with E-state index in [1.165, 1.54) is 11.1 Å². The van der Waals surface area contributed by atoms with Crippen LogP contribution in [0.3, 0.4) is 0 Å². The Labute approximate surface area is 123 Å². The second-order valence-electron chi connectivity index (χ2n) is 4.34. The van der Waals surface area contributed by atoms with E-state index >= 15 is 0 Å². The molecule has 0 N–H and O–H groups in total. The van der Waals surface area contributed by atoms with Crippen molar-refractivity contribution in [2.45, 2.75) is 27.2 Å². The zero-order valence-corrected chi connectivity index (χ0v) is 12.7. The number of hydrogen-bond donors (Lipinski definition) is 0. The molecule has 1 heterocycles. The highest BCUT2D eigenvalue weighted by Crippen LogP contribution is 2.18. The zero-order valence-electron chi connectivity index (χ0n) is 12.0. The van der Waals surface area contributed by atoms with Crippen molar-refractivity contribution in [1.29, 1.82) is 0 Å². The van der Waals surface area contributed by atoms with Crippen LogP contribution in [0.1, 0.15) is 36.3 Å². The highest BCUT2D eigenvalue weighted by molar-refractivity contribution is 6.33. The van der Waals surface area contributed by atoms with Gasteiger partial charge in [0, 0.05) is 18.4 Å². The monoisotopic (exact) mass is 298 g/mol. The summed E-state index contributed by atoms with van der Waals surface area (Å²) in [6, 6.07) is 1.63. The highest BCUT2D eigenvalue weighted by atomic mass is 35.5. The summed E-state index contributed by atoms with van der Waals surface area (Å²) in [7, 11) is 0. The van der Waals surface area contributed by atoms with Crippen LogP contribution >= 0.6 is 11.6 Å². The van der Waals surface area contributed by atoms with E-state index < -0.39 is 5.97 Å². The van der Waals surface area contributed by atoms with Crippen LogP contribution in [0.4, 0.5) is 0 Å². The Hall–Kier alpha value is -1.62. The van der Waals surface area contributed by atoms with E-state index in [1.807, 2.05) is 6.92 Å². The zero-order chi connectivity index (χ0) is 15.1. The molecule has 1 aromatic heterocycles. The van der Waals surface area contributed by atoms with Gasteiger partial charge < -0.3 is 9.64 Å². The molecule has 0 aliphatic carbocycles. The van der Waals surface area contributed by atoms with Gasteiger partial charge in [0.25, 0.3) is 5.91 Å². The minimum absolute atomic E-state index is 0.0787. The van der Waals surface area contributed by atoms with Crippen molar-refractivity contribution in [2.75, 3.05) is 19.7 Å². The average Bonchev–Trinajstić information content (AvgIpc) is 2.38. The van der Waals surface area contributed by atoms with Gasteiger partial charge in [-0.15, -0.1) is 0 Å². The lowest BCUT2D eigenvalue weighted by molar-refractivity contribution is -0.143. The van der Waals surface area contributed by atoms with Crippen LogP contribution in [0, 0.1) is 6.92 Å². The Balaban J connectivity index is 2.90. The van der Waals surface area contributed by atoms with Crippen LogP contribution in [-0.4, -0.2) is 41.5 Å². The topological polar surface area (TPSA) is 59.5 Å². The van der Waals surface area contributed by atoms with Crippen LogP contribution in [0.15, 0.2) is 12.3 Å². The Morgan fingerprint density at radius 1 is 1.40 bits per heavy atom. The molecule has 1 amide bonds. The standard InChI is InChI=1S/C14H19ClN2O3/c1-4-6-17(9-13(18)20-5-2)14(19)11-8-16-10(3)7-12(11)15/h7-8H,4-6,9H2,1-3H3.